The third-order valence-electron chi connectivity index (χ3n) is 3.69. The van der Waals surface area contributed by atoms with Gasteiger partial charge in [0, 0.05) is 13.6 Å². The molecule has 0 spiro atoms. The van der Waals surface area contributed by atoms with Gasteiger partial charge >= 0.3 is 6.18 Å². The summed E-state index contributed by atoms with van der Waals surface area (Å²) in [5.74, 6) is -0.589. The fourth-order valence-corrected chi connectivity index (χ4v) is 2.77. The molecular weight excluding hydrogens is 369 g/mol. The van der Waals surface area contributed by atoms with Crippen molar-refractivity contribution >= 4 is 21.6 Å². The van der Waals surface area contributed by atoms with Gasteiger partial charge in [0.05, 0.1) is 23.1 Å². The molecule has 0 radical (unpaired) electrons. The average Bonchev–Trinajstić information content (AvgIpc) is 2.57. The van der Waals surface area contributed by atoms with E-state index in [0.29, 0.717) is 0 Å². The molecule has 9 heteroatoms. The molecular formula is C17H17F3N2O3S. The van der Waals surface area contributed by atoms with Crippen molar-refractivity contribution in [3.05, 3.63) is 65.2 Å². The predicted octanol–water partition coefficient (Wildman–Crippen LogP) is 3.03. The lowest BCUT2D eigenvalue weighted by molar-refractivity contribution is -0.137. The zero-order valence-corrected chi connectivity index (χ0v) is 14.9. The number of benzene rings is 2. The number of hydrogen-bond acceptors (Lipinski definition) is 3. The molecule has 1 amide bonds. The van der Waals surface area contributed by atoms with Crippen LogP contribution in [0.1, 0.15) is 21.5 Å². The van der Waals surface area contributed by atoms with E-state index in [1.807, 2.05) is 0 Å². The van der Waals surface area contributed by atoms with Crippen LogP contribution in [0.15, 0.2) is 48.5 Å². The quantitative estimate of drug-likeness (QED) is 0.859. The zero-order valence-electron chi connectivity index (χ0n) is 14.0. The molecule has 2 rings (SSSR count). The monoisotopic (exact) mass is 386 g/mol. The number of halogens is 3. The molecule has 0 saturated carbocycles. The van der Waals surface area contributed by atoms with E-state index >= 15 is 0 Å². The maximum absolute atomic E-state index is 12.7. The first-order valence-corrected chi connectivity index (χ1v) is 9.32. The van der Waals surface area contributed by atoms with Crippen LogP contribution < -0.4 is 9.62 Å². The summed E-state index contributed by atoms with van der Waals surface area (Å²) in [5, 5.41) is 2.51. The van der Waals surface area contributed by atoms with Crippen molar-refractivity contribution in [2.45, 2.75) is 12.7 Å². The normalized spacial score (nSPS) is 11.9. The minimum absolute atomic E-state index is 0.104. The van der Waals surface area contributed by atoms with Crippen molar-refractivity contribution in [1.29, 1.82) is 0 Å². The van der Waals surface area contributed by atoms with Crippen molar-refractivity contribution in [3.8, 4) is 0 Å². The number of hydrogen-bond donors (Lipinski definition) is 1. The minimum atomic E-state index is -4.47. The third-order valence-corrected chi connectivity index (χ3v) is 4.88. The molecule has 0 aliphatic rings. The van der Waals surface area contributed by atoms with E-state index in [4.69, 9.17) is 0 Å². The van der Waals surface area contributed by atoms with Crippen LogP contribution in [0.2, 0.25) is 0 Å². The van der Waals surface area contributed by atoms with Crippen molar-refractivity contribution < 1.29 is 26.4 Å². The largest absolute Gasteiger partial charge is 0.416 e. The summed E-state index contributed by atoms with van der Waals surface area (Å²) in [6, 6.07) is 10.7. The van der Waals surface area contributed by atoms with E-state index < -0.39 is 27.7 Å². The average molecular weight is 386 g/mol. The Morgan fingerprint density at radius 2 is 1.77 bits per heavy atom. The molecule has 0 aliphatic carbocycles. The second kappa shape index (κ2) is 7.36. The third kappa shape index (κ3) is 4.75. The number of amides is 1. The molecule has 0 fully saturated rings. The van der Waals surface area contributed by atoms with Gasteiger partial charge in [-0.25, -0.2) is 8.42 Å². The summed E-state index contributed by atoms with van der Waals surface area (Å²) < 4.78 is 62.6. The van der Waals surface area contributed by atoms with Crippen LogP contribution >= 0.6 is 0 Å². The summed E-state index contributed by atoms with van der Waals surface area (Å²) >= 11 is 0. The standard InChI is InChI=1S/C17H17F3N2O3S/c1-22(26(2,24)25)15-9-4-3-8-14(15)16(23)21-11-12-6-5-7-13(10-12)17(18,19)20/h3-10H,11H2,1-2H3,(H,21,23). The van der Waals surface area contributed by atoms with Gasteiger partial charge < -0.3 is 5.32 Å². The van der Waals surface area contributed by atoms with Gasteiger partial charge in [0.2, 0.25) is 10.0 Å². The molecule has 1 N–H and O–H groups in total. The summed E-state index contributed by atoms with van der Waals surface area (Å²) in [5.41, 5.74) is -0.243. The van der Waals surface area contributed by atoms with E-state index in [9.17, 15) is 26.4 Å². The number of nitrogens with zero attached hydrogens (tertiary/aromatic N) is 1. The lowest BCUT2D eigenvalue weighted by Crippen LogP contribution is -2.29. The molecule has 140 valence electrons. The molecule has 0 unspecified atom stereocenters. The minimum Gasteiger partial charge on any atom is -0.348 e. The highest BCUT2D eigenvalue weighted by Crippen LogP contribution is 2.29. The Balaban J connectivity index is 2.20. The van der Waals surface area contributed by atoms with Gasteiger partial charge in [0.15, 0.2) is 0 Å². The van der Waals surface area contributed by atoms with Crippen LogP contribution in [0.4, 0.5) is 18.9 Å². The molecule has 0 aliphatic heterocycles. The smallest absolute Gasteiger partial charge is 0.348 e. The maximum atomic E-state index is 12.7. The molecule has 5 nitrogen and oxygen atoms in total. The Morgan fingerprint density at radius 1 is 1.12 bits per heavy atom. The summed E-state index contributed by atoms with van der Waals surface area (Å²) in [4.78, 5) is 12.4. The number of carbonyl (C=O) groups is 1. The van der Waals surface area contributed by atoms with Gasteiger partial charge in [-0.3, -0.25) is 9.10 Å². The highest BCUT2D eigenvalue weighted by atomic mass is 32.2. The zero-order chi connectivity index (χ0) is 19.5. The van der Waals surface area contributed by atoms with Crippen LogP contribution in [0.3, 0.4) is 0 Å². The number of anilines is 1. The van der Waals surface area contributed by atoms with Crippen LogP contribution in [-0.2, 0) is 22.7 Å². The van der Waals surface area contributed by atoms with E-state index in [-0.39, 0.29) is 23.4 Å². The van der Waals surface area contributed by atoms with Crippen LogP contribution in [0.25, 0.3) is 0 Å². The van der Waals surface area contributed by atoms with Gasteiger partial charge in [0.1, 0.15) is 0 Å². The van der Waals surface area contributed by atoms with Gasteiger partial charge in [-0.05, 0) is 29.8 Å². The Morgan fingerprint density at radius 3 is 2.38 bits per heavy atom. The molecule has 2 aromatic rings. The molecule has 0 bridgehead atoms. The topological polar surface area (TPSA) is 66.5 Å². The predicted molar refractivity (Wildman–Crippen MR) is 92.3 cm³/mol. The molecule has 2 aromatic carbocycles. The van der Waals surface area contributed by atoms with Crippen LogP contribution in [0, 0.1) is 0 Å². The number of para-hydroxylation sites is 1. The van der Waals surface area contributed by atoms with E-state index in [1.54, 1.807) is 12.1 Å². The van der Waals surface area contributed by atoms with Crippen LogP contribution in [0.5, 0.6) is 0 Å². The van der Waals surface area contributed by atoms with E-state index in [2.05, 4.69) is 5.32 Å². The summed E-state index contributed by atoms with van der Waals surface area (Å²) in [7, 11) is -2.26. The molecule has 0 atom stereocenters. The van der Waals surface area contributed by atoms with E-state index in [0.717, 1.165) is 22.7 Å². The number of alkyl halides is 3. The molecule has 0 heterocycles. The first-order chi connectivity index (χ1) is 12.0. The van der Waals surface area contributed by atoms with Gasteiger partial charge in [-0.2, -0.15) is 13.2 Å². The molecule has 26 heavy (non-hydrogen) atoms. The lowest BCUT2D eigenvalue weighted by Gasteiger charge is -2.19. The first-order valence-electron chi connectivity index (χ1n) is 7.47. The van der Waals surface area contributed by atoms with E-state index in [1.165, 1.54) is 31.3 Å². The fraction of sp³-hybridized carbons (Fsp3) is 0.235. The molecule has 0 saturated heterocycles. The van der Waals surface area contributed by atoms with Crippen LogP contribution in [-0.4, -0.2) is 27.6 Å². The van der Waals surface area contributed by atoms with Gasteiger partial charge in [-0.1, -0.05) is 24.3 Å². The number of sulfonamides is 1. The number of carbonyl (C=O) groups excluding carboxylic acids is 1. The Bertz CT molecular complexity index is 911. The van der Waals surface area contributed by atoms with Gasteiger partial charge in [-0.15, -0.1) is 0 Å². The lowest BCUT2D eigenvalue weighted by atomic mass is 10.1. The summed E-state index contributed by atoms with van der Waals surface area (Å²) in [6.45, 7) is -0.125. The fourth-order valence-electron chi connectivity index (χ4n) is 2.25. The number of nitrogens with one attached hydrogen (secondary N) is 1. The Kier molecular flexibility index (Phi) is 5.60. The molecule has 0 aromatic heterocycles. The van der Waals surface area contributed by atoms with Gasteiger partial charge in [0.25, 0.3) is 5.91 Å². The maximum Gasteiger partial charge on any atom is 0.416 e. The highest BCUT2D eigenvalue weighted by molar-refractivity contribution is 7.92. The first kappa shape index (κ1) is 19.8. The van der Waals surface area contributed by atoms with Crippen molar-refractivity contribution in [1.82, 2.24) is 5.32 Å². The second-order valence-electron chi connectivity index (χ2n) is 5.63. The second-order valence-corrected chi connectivity index (χ2v) is 7.64. The van der Waals surface area contributed by atoms with Crippen molar-refractivity contribution in [3.63, 3.8) is 0 Å². The van der Waals surface area contributed by atoms with Crippen molar-refractivity contribution in [2.75, 3.05) is 17.6 Å². The Labute approximate surface area is 149 Å². The summed E-state index contributed by atoms with van der Waals surface area (Å²) in [6.07, 6.45) is -3.46. The highest BCUT2D eigenvalue weighted by Gasteiger charge is 2.30. The number of rotatable bonds is 5. The SMILES string of the molecule is CN(c1ccccc1C(=O)NCc1cccc(C(F)(F)F)c1)S(C)(=O)=O. The Hall–Kier alpha value is -2.55. The van der Waals surface area contributed by atoms with Crippen molar-refractivity contribution in [2.24, 2.45) is 0 Å².